The van der Waals surface area contributed by atoms with Crippen molar-refractivity contribution < 1.29 is 9.53 Å². The highest BCUT2D eigenvalue weighted by Crippen LogP contribution is 2.40. The maximum atomic E-state index is 13.1. The maximum absolute atomic E-state index is 13.1. The number of carbonyl (C=O) groups is 1. The highest BCUT2D eigenvalue weighted by atomic mass is 16.5. The lowest BCUT2D eigenvalue weighted by atomic mass is 9.81. The van der Waals surface area contributed by atoms with E-state index in [1.165, 1.54) is 19.3 Å². The Morgan fingerprint density at radius 3 is 2.60 bits per heavy atom. The Bertz CT molecular complexity index is 1040. The van der Waals surface area contributed by atoms with Crippen molar-refractivity contribution in [1.82, 2.24) is 14.9 Å². The molecule has 1 aromatic rings. The van der Waals surface area contributed by atoms with Crippen molar-refractivity contribution in [2.45, 2.75) is 76.4 Å². The number of allylic oxidation sites excluding steroid dienone is 1. The molecule has 4 aliphatic rings. The Balaban J connectivity index is 1.39. The second-order valence-corrected chi connectivity index (χ2v) is 10.5. The molecule has 3 aliphatic heterocycles. The van der Waals surface area contributed by atoms with Gasteiger partial charge >= 0.3 is 0 Å². The topological polar surface area (TPSA) is 123 Å². The third kappa shape index (κ3) is 5.50. The number of amides is 1. The zero-order valence-electron chi connectivity index (χ0n) is 20.8. The number of piperidine rings is 2. The highest BCUT2D eigenvalue weighted by molar-refractivity contribution is 5.93. The van der Waals surface area contributed by atoms with Crippen molar-refractivity contribution >= 4 is 29.1 Å². The number of carbonyl (C=O) groups excluding carboxylic acids is 1. The van der Waals surface area contributed by atoms with Gasteiger partial charge in [0.1, 0.15) is 5.84 Å². The second-order valence-electron chi connectivity index (χ2n) is 10.5. The van der Waals surface area contributed by atoms with Crippen LogP contribution < -0.4 is 16.4 Å². The molecule has 9 heteroatoms. The SMILES string of the molecule is C/C(N)=C/C(N)=Nc1cc(C2=CCOC2)nc(N(C)C2C[C@H]3CCC[C@@H](C2)N3C(=O)CC2CC2)n1. The summed E-state index contributed by atoms with van der Waals surface area (Å²) in [6, 6.07) is 2.72. The lowest BCUT2D eigenvalue weighted by molar-refractivity contribution is -0.141. The van der Waals surface area contributed by atoms with Crippen LogP contribution in [0.4, 0.5) is 11.8 Å². The van der Waals surface area contributed by atoms with Crippen LogP contribution in [0.3, 0.4) is 0 Å². The molecule has 35 heavy (non-hydrogen) atoms. The quantitative estimate of drug-likeness (QED) is 0.455. The second kappa shape index (κ2) is 9.97. The van der Waals surface area contributed by atoms with E-state index in [-0.39, 0.29) is 6.04 Å². The van der Waals surface area contributed by atoms with Crippen molar-refractivity contribution in [1.29, 1.82) is 0 Å². The number of ether oxygens (including phenoxy) is 1. The Kier molecular flexibility index (Phi) is 6.77. The number of aromatic nitrogens is 2. The number of nitrogens with zero attached hydrogens (tertiary/aromatic N) is 5. The molecular weight excluding hydrogens is 442 g/mol. The fourth-order valence-corrected chi connectivity index (χ4v) is 5.68. The van der Waals surface area contributed by atoms with Crippen LogP contribution >= 0.6 is 0 Å². The van der Waals surface area contributed by atoms with E-state index in [0.29, 0.717) is 60.4 Å². The molecule has 4 heterocycles. The number of rotatable bonds is 7. The molecule has 3 atom stereocenters. The van der Waals surface area contributed by atoms with Gasteiger partial charge in [-0.1, -0.05) is 6.08 Å². The average molecular weight is 480 g/mol. The molecule has 2 saturated heterocycles. The summed E-state index contributed by atoms with van der Waals surface area (Å²) in [6.45, 7) is 2.87. The van der Waals surface area contributed by atoms with Crippen LogP contribution in [0, 0.1) is 5.92 Å². The molecule has 0 aromatic carbocycles. The largest absolute Gasteiger partial charge is 0.402 e. The van der Waals surface area contributed by atoms with Gasteiger partial charge in [0.2, 0.25) is 11.9 Å². The van der Waals surface area contributed by atoms with Crippen LogP contribution in [0.15, 0.2) is 28.9 Å². The molecule has 1 unspecified atom stereocenters. The third-order valence-corrected chi connectivity index (χ3v) is 7.62. The molecule has 1 saturated carbocycles. The molecular formula is C26H37N7O2. The van der Waals surface area contributed by atoms with Crippen molar-refractivity contribution in [3.8, 4) is 0 Å². The smallest absolute Gasteiger partial charge is 0.227 e. The molecule has 1 aliphatic carbocycles. The minimum atomic E-state index is 0.264. The number of aliphatic imine (C=N–C) groups is 1. The van der Waals surface area contributed by atoms with E-state index >= 15 is 0 Å². The first-order valence-corrected chi connectivity index (χ1v) is 12.9. The predicted molar refractivity (Wildman–Crippen MR) is 137 cm³/mol. The fourth-order valence-electron chi connectivity index (χ4n) is 5.68. The van der Waals surface area contributed by atoms with Gasteiger partial charge in [-0.25, -0.2) is 9.98 Å². The van der Waals surface area contributed by atoms with E-state index in [1.807, 2.05) is 12.1 Å². The van der Waals surface area contributed by atoms with E-state index in [9.17, 15) is 4.79 Å². The van der Waals surface area contributed by atoms with Crippen molar-refractivity contribution in [2.75, 3.05) is 25.2 Å². The molecule has 0 radical (unpaired) electrons. The number of hydrogen-bond donors (Lipinski definition) is 2. The Morgan fingerprint density at radius 2 is 1.97 bits per heavy atom. The molecule has 3 fully saturated rings. The van der Waals surface area contributed by atoms with E-state index in [2.05, 4.69) is 21.8 Å². The van der Waals surface area contributed by atoms with E-state index < -0.39 is 0 Å². The zero-order valence-corrected chi connectivity index (χ0v) is 20.8. The summed E-state index contributed by atoms with van der Waals surface area (Å²) in [6.07, 6.45) is 12.1. The molecule has 9 nitrogen and oxygen atoms in total. The third-order valence-electron chi connectivity index (χ3n) is 7.62. The zero-order chi connectivity index (χ0) is 24.5. The van der Waals surface area contributed by atoms with E-state index in [0.717, 1.165) is 43.4 Å². The Labute approximate surface area is 207 Å². The van der Waals surface area contributed by atoms with Crippen LogP contribution in [0.25, 0.3) is 5.57 Å². The Morgan fingerprint density at radius 1 is 1.23 bits per heavy atom. The van der Waals surface area contributed by atoms with Gasteiger partial charge in [-0.2, -0.15) is 4.98 Å². The molecule has 2 bridgehead atoms. The number of fused-ring (bicyclic) bond motifs is 2. The normalized spacial score (nSPS) is 27.1. The first-order chi connectivity index (χ1) is 16.9. The molecule has 4 N–H and O–H groups in total. The van der Waals surface area contributed by atoms with Gasteiger partial charge in [-0.05, 0) is 63.9 Å². The molecule has 5 rings (SSSR count). The van der Waals surface area contributed by atoms with Crippen LogP contribution in [0.5, 0.6) is 0 Å². The van der Waals surface area contributed by atoms with Crippen LogP contribution in [-0.2, 0) is 9.53 Å². The average Bonchev–Trinajstić information content (AvgIpc) is 3.44. The summed E-state index contributed by atoms with van der Waals surface area (Å²) in [5.74, 6) is 2.41. The number of hydrogen-bond acceptors (Lipinski definition) is 7. The molecule has 0 spiro atoms. The first-order valence-electron chi connectivity index (χ1n) is 12.9. The highest BCUT2D eigenvalue weighted by Gasteiger charge is 2.43. The summed E-state index contributed by atoms with van der Waals surface area (Å²) in [5.41, 5.74) is 14.2. The fraction of sp³-hybridized carbons (Fsp3) is 0.615. The van der Waals surface area contributed by atoms with Gasteiger partial charge in [0.15, 0.2) is 5.82 Å². The van der Waals surface area contributed by atoms with Crippen LogP contribution in [-0.4, -0.2) is 65.0 Å². The minimum Gasteiger partial charge on any atom is -0.402 e. The lowest BCUT2D eigenvalue weighted by Crippen LogP contribution is -2.58. The lowest BCUT2D eigenvalue weighted by Gasteiger charge is -2.50. The van der Waals surface area contributed by atoms with Gasteiger partial charge in [-0.3, -0.25) is 4.79 Å². The molecule has 188 valence electrons. The minimum absolute atomic E-state index is 0.264. The summed E-state index contributed by atoms with van der Waals surface area (Å²) < 4.78 is 5.53. The summed E-state index contributed by atoms with van der Waals surface area (Å²) >= 11 is 0. The van der Waals surface area contributed by atoms with Crippen molar-refractivity contribution in [3.05, 3.63) is 29.6 Å². The summed E-state index contributed by atoms with van der Waals surface area (Å²) in [4.78, 5) is 31.6. The van der Waals surface area contributed by atoms with E-state index in [1.54, 1.807) is 13.0 Å². The molecule has 1 amide bonds. The monoisotopic (exact) mass is 479 g/mol. The number of amidine groups is 1. The van der Waals surface area contributed by atoms with Gasteiger partial charge < -0.3 is 26.0 Å². The predicted octanol–water partition coefficient (Wildman–Crippen LogP) is 2.89. The van der Waals surface area contributed by atoms with Crippen molar-refractivity contribution in [3.63, 3.8) is 0 Å². The summed E-state index contributed by atoms with van der Waals surface area (Å²) in [7, 11) is 2.06. The van der Waals surface area contributed by atoms with Crippen LogP contribution in [0.1, 0.15) is 64.0 Å². The molecule has 1 aromatic heterocycles. The Hall–Kier alpha value is -2.94. The van der Waals surface area contributed by atoms with Gasteiger partial charge in [0.25, 0.3) is 0 Å². The van der Waals surface area contributed by atoms with Gasteiger partial charge in [-0.15, -0.1) is 0 Å². The number of nitrogens with two attached hydrogens (primary N) is 2. The van der Waals surface area contributed by atoms with Gasteiger partial charge in [0, 0.05) is 48.9 Å². The summed E-state index contributed by atoms with van der Waals surface area (Å²) in [5, 5.41) is 0. The number of anilines is 1. The standard InChI is InChI=1S/C26H37N7O2/c1-16(27)10-23(28)30-24-14-22(18-8-9-35-15-18)29-26(31-24)32(2)21-12-19-4-3-5-20(13-21)33(19)25(34)11-17-6-7-17/h8,10,14,17,19-21H,3-7,9,11-13,15,27H2,1-2H3,(H2,28,29,30,31)/b16-10-/t19-,20+,21?. The first kappa shape index (κ1) is 23.8. The van der Waals surface area contributed by atoms with Crippen LogP contribution in [0.2, 0.25) is 0 Å². The van der Waals surface area contributed by atoms with Gasteiger partial charge in [0.05, 0.1) is 18.9 Å². The van der Waals surface area contributed by atoms with Crippen molar-refractivity contribution in [2.24, 2.45) is 22.4 Å². The van der Waals surface area contributed by atoms with E-state index in [4.69, 9.17) is 26.2 Å². The maximum Gasteiger partial charge on any atom is 0.227 e.